The zero-order chi connectivity index (χ0) is 26.8. The molecule has 1 N–H and O–H groups in total. The molecule has 3 rings (SSSR count). The molecule has 1 aromatic heterocycles. The van der Waals surface area contributed by atoms with Gasteiger partial charge in [0.15, 0.2) is 6.61 Å². The maximum absolute atomic E-state index is 12.7. The monoisotopic (exact) mass is 531 g/mol. The number of methoxy groups -OCH3 is 1. The Hall–Kier alpha value is -3.93. The van der Waals surface area contributed by atoms with Gasteiger partial charge in [-0.2, -0.15) is 18.1 Å². The molecule has 0 radical (unpaired) electrons. The number of hydrogen-bond donors (Lipinski definition) is 1. The van der Waals surface area contributed by atoms with Gasteiger partial charge in [-0.25, -0.2) is 4.79 Å². The van der Waals surface area contributed by atoms with Gasteiger partial charge in [0.1, 0.15) is 16.4 Å². The molecule has 1 heterocycles. The smallest absolute Gasteiger partial charge is 0.339 e. The highest BCUT2D eigenvalue weighted by atomic mass is 32.2. The molecule has 0 fully saturated rings. The van der Waals surface area contributed by atoms with Crippen LogP contribution in [0, 0.1) is 0 Å². The number of aromatic nitrogens is 2. The summed E-state index contributed by atoms with van der Waals surface area (Å²) in [5, 5.41) is 6.31. The first-order chi connectivity index (χ1) is 17.8. The number of isocyanates is 1. The van der Waals surface area contributed by atoms with Gasteiger partial charge in [-0.15, -0.1) is 0 Å². The summed E-state index contributed by atoms with van der Waals surface area (Å²) in [6.45, 7) is 7.41. The molecule has 2 aromatic carbocycles. The number of benzene rings is 2. The maximum atomic E-state index is 12.7. The number of carbonyl (C=O) groups excluding carboxylic acids is 2. The fourth-order valence-electron chi connectivity index (χ4n) is 3.49. The Kier molecular flexibility index (Phi) is 9.61. The Balaban J connectivity index is 1.57. The summed E-state index contributed by atoms with van der Waals surface area (Å²) in [5.41, 5.74) is 0.706. The third kappa shape index (κ3) is 7.29. The minimum Gasteiger partial charge on any atom is -0.484 e. The summed E-state index contributed by atoms with van der Waals surface area (Å²) >= 11 is 0. The average molecular weight is 532 g/mol. The molecule has 0 atom stereocenters. The summed E-state index contributed by atoms with van der Waals surface area (Å²) in [5.74, 6) is 0.0905. The van der Waals surface area contributed by atoms with Crippen LogP contribution in [-0.4, -0.2) is 74.9 Å². The van der Waals surface area contributed by atoms with Crippen molar-refractivity contribution < 1.29 is 31.7 Å². The van der Waals surface area contributed by atoms with Gasteiger partial charge < -0.3 is 23.9 Å². The summed E-state index contributed by atoms with van der Waals surface area (Å²) < 4.78 is 42.3. The van der Waals surface area contributed by atoms with E-state index in [1.165, 1.54) is 55.7 Å². The van der Waals surface area contributed by atoms with E-state index in [4.69, 9.17) is 13.7 Å². The molecular formula is C24H29N5O7S. The number of rotatable bonds is 14. The van der Waals surface area contributed by atoms with Crippen molar-refractivity contribution in [2.75, 3.05) is 39.9 Å². The van der Waals surface area contributed by atoms with Crippen molar-refractivity contribution in [2.24, 2.45) is 5.10 Å². The van der Waals surface area contributed by atoms with Gasteiger partial charge in [-0.1, -0.05) is 18.9 Å². The molecule has 0 bridgehead atoms. The topological polar surface area (TPSA) is 141 Å². The second kappa shape index (κ2) is 12.9. The van der Waals surface area contributed by atoms with E-state index >= 15 is 0 Å². The van der Waals surface area contributed by atoms with Gasteiger partial charge in [-0.05, 0) is 62.5 Å². The van der Waals surface area contributed by atoms with Crippen molar-refractivity contribution in [1.29, 1.82) is 0 Å². The number of nitrogens with one attached hydrogen (secondary N) is 1. The number of imidazole rings is 1. The van der Waals surface area contributed by atoms with Crippen LogP contribution < -0.4 is 19.0 Å². The number of fused-ring (bicyclic) bond motifs is 1. The Bertz CT molecular complexity index is 1360. The molecule has 0 aliphatic carbocycles. The largest absolute Gasteiger partial charge is 0.484 e. The number of carbonyl (C=O) groups is 1. The maximum Gasteiger partial charge on any atom is 0.339 e. The van der Waals surface area contributed by atoms with Crippen molar-refractivity contribution >= 4 is 33.1 Å². The zero-order valence-electron chi connectivity index (χ0n) is 20.8. The summed E-state index contributed by atoms with van der Waals surface area (Å²) in [6.07, 6.45) is 2.25. The fourth-order valence-corrected chi connectivity index (χ4v) is 4.42. The van der Waals surface area contributed by atoms with Crippen LogP contribution in [-0.2, 0) is 19.7 Å². The van der Waals surface area contributed by atoms with Crippen LogP contribution in [0.4, 0.5) is 0 Å². The first-order valence-corrected chi connectivity index (χ1v) is 13.0. The lowest BCUT2D eigenvalue weighted by molar-refractivity contribution is -0.123. The van der Waals surface area contributed by atoms with E-state index in [1.54, 1.807) is 0 Å². The normalized spacial score (nSPS) is 11.2. The first-order valence-electron chi connectivity index (χ1n) is 11.6. The quantitative estimate of drug-likeness (QED) is 0.143. The third-order valence-corrected chi connectivity index (χ3v) is 6.71. The molecule has 12 nitrogen and oxygen atoms in total. The number of hydrogen-bond acceptors (Lipinski definition) is 10. The van der Waals surface area contributed by atoms with Crippen LogP contribution >= 0.6 is 0 Å². The van der Waals surface area contributed by atoms with Crippen LogP contribution in [0.1, 0.15) is 20.3 Å². The highest BCUT2D eigenvalue weighted by molar-refractivity contribution is 7.87. The van der Waals surface area contributed by atoms with E-state index < -0.39 is 10.1 Å². The van der Waals surface area contributed by atoms with Crippen molar-refractivity contribution in [3.63, 3.8) is 0 Å². The lowest BCUT2D eigenvalue weighted by Crippen LogP contribution is -2.32. The molecule has 1 amide bonds. The highest BCUT2D eigenvalue weighted by Crippen LogP contribution is 2.27. The van der Waals surface area contributed by atoms with E-state index in [0.29, 0.717) is 23.3 Å². The molecule has 198 valence electrons. The molecule has 0 saturated heterocycles. The molecule has 0 spiro atoms. The third-order valence-electron chi connectivity index (χ3n) is 5.45. The Labute approximate surface area is 214 Å². The summed E-state index contributed by atoms with van der Waals surface area (Å²) in [4.78, 5) is 29.0. The van der Waals surface area contributed by atoms with E-state index in [-0.39, 0.29) is 29.2 Å². The van der Waals surface area contributed by atoms with Crippen molar-refractivity contribution in [1.82, 2.24) is 19.9 Å². The van der Waals surface area contributed by atoms with Crippen molar-refractivity contribution in [3.8, 4) is 17.5 Å². The van der Waals surface area contributed by atoms with Crippen LogP contribution in [0.5, 0.6) is 17.5 Å². The number of ether oxygens (including phenoxy) is 2. The highest BCUT2D eigenvalue weighted by Gasteiger charge is 2.19. The molecule has 13 heteroatoms. The SMILES string of the molecule is CCN(CC)CCCNC(=O)COc1ccc(S(=O)(=O)Oc2ccc3c(c2)nc(OC)n3N=C=O)cc1. The average Bonchev–Trinajstić information content (AvgIpc) is 3.24. The Morgan fingerprint density at radius 2 is 1.84 bits per heavy atom. The molecule has 0 aliphatic rings. The molecule has 3 aromatic rings. The van der Waals surface area contributed by atoms with Crippen LogP contribution in [0.25, 0.3) is 11.0 Å². The predicted octanol–water partition coefficient (Wildman–Crippen LogP) is 2.14. The van der Waals surface area contributed by atoms with E-state index in [2.05, 4.69) is 34.1 Å². The van der Waals surface area contributed by atoms with Crippen LogP contribution in [0.2, 0.25) is 0 Å². The van der Waals surface area contributed by atoms with E-state index in [9.17, 15) is 18.0 Å². The second-order valence-electron chi connectivity index (χ2n) is 7.78. The van der Waals surface area contributed by atoms with Gasteiger partial charge in [0.25, 0.3) is 12.0 Å². The second-order valence-corrected chi connectivity index (χ2v) is 9.33. The van der Waals surface area contributed by atoms with Gasteiger partial charge in [0, 0.05) is 12.6 Å². The van der Waals surface area contributed by atoms with E-state index in [1.807, 2.05) is 0 Å². The minimum absolute atomic E-state index is 0.00729. The molecule has 0 saturated carbocycles. The molecule has 0 aliphatic heterocycles. The first kappa shape index (κ1) is 27.7. The van der Waals surface area contributed by atoms with E-state index in [0.717, 1.165) is 30.7 Å². The molecule has 0 unspecified atom stereocenters. The Morgan fingerprint density at radius 1 is 1.14 bits per heavy atom. The van der Waals surface area contributed by atoms with Crippen molar-refractivity contribution in [3.05, 3.63) is 42.5 Å². The van der Waals surface area contributed by atoms with Gasteiger partial charge >= 0.3 is 16.1 Å². The zero-order valence-corrected chi connectivity index (χ0v) is 21.7. The van der Waals surface area contributed by atoms with Gasteiger partial charge in [0.05, 0.1) is 18.1 Å². The fraction of sp³-hybridized carbons (Fsp3) is 0.375. The van der Waals surface area contributed by atoms with Gasteiger partial charge in [0.2, 0.25) is 0 Å². The molecule has 37 heavy (non-hydrogen) atoms. The standard InChI is InChI=1S/C24H29N5O7S/c1-4-28(5-2)14-6-13-25-23(31)16-35-18-7-10-20(11-8-18)37(32,33)36-19-9-12-22-21(15-19)27-24(34-3)29(22)26-17-30/h7-12,15H,4-6,13-14,16H2,1-3H3,(H,25,31). The van der Waals surface area contributed by atoms with Gasteiger partial charge in [-0.3, -0.25) is 4.79 Å². The lowest BCUT2D eigenvalue weighted by atomic mass is 10.3. The Morgan fingerprint density at radius 3 is 2.49 bits per heavy atom. The predicted molar refractivity (Wildman–Crippen MR) is 135 cm³/mol. The van der Waals surface area contributed by atoms with Crippen LogP contribution in [0.3, 0.4) is 0 Å². The summed E-state index contributed by atoms with van der Waals surface area (Å²) in [6, 6.07) is 9.82. The minimum atomic E-state index is -4.17. The number of nitrogens with zero attached hydrogens (tertiary/aromatic N) is 4. The lowest BCUT2D eigenvalue weighted by Gasteiger charge is -2.17. The molecular weight excluding hydrogens is 502 g/mol. The summed E-state index contributed by atoms with van der Waals surface area (Å²) in [7, 11) is -2.81. The van der Waals surface area contributed by atoms with Crippen molar-refractivity contribution in [2.45, 2.75) is 25.2 Å². The number of amides is 1. The van der Waals surface area contributed by atoms with Crippen LogP contribution in [0.15, 0.2) is 52.5 Å².